The number of nitrogens with one attached hydrogen (secondary N) is 2. The molecule has 0 aromatic carbocycles. The number of aliphatic hydroxyl groups excluding tert-OH is 1. The number of rotatable bonds is 4. The van der Waals surface area contributed by atoms with Crippen LogP contribution in [0.1, 0.15) is 64.7 Å². The molecule has 1 aliphatic rings. The lowest BCUT2D eigenvalue weighted by atomic mass is 9.93. The summed E-state index contributed by atoms with van der Waals surface area (Å²) in [5.41, 5.74) is 2.10. The van der Waals surface area contributed by atoms with Crippen LogP contribution < -0.4 is 5.32 Å². The number of aliphatic hydroxyl groups is 1. The van der Waals surface area contributed by atoms with Crippen molar-refractivity contribution < 1.29 is 19.4 Å². The van der Waals surface area contributed by atoms with Gasteiger partial charge in [0.15, 0.2) is 0 Å². The molecule has 2 rings (SSSR count). The minimum absolute atomic E-state index is 0.0740. The fourth-order valence-electron chi connectivity index (χ4n) is 2.96. The first-order valence-electron chi connectivity index (χ1n) is 7.79. The van der Waals surface area contributed by atoms with Crippen molar-refractivity contribution in [1.29, 1.82) is 0 Å². The summed E-state index contributed by atoms with van der Waals surface area (Å²) in [6.07, 6.45) is 2.72. The largest absolute Gasteiger partial charge is 0.462 e. The molecule has 0 atom stereocenters. The predicted molar refractivity (Wildman–Crippen MR) is 82.0 cm³/mol. The van der Waals surface area contributed by atoms with Gasteiger partial charge < -0.3 is 20.1 Å². The van der Waals surface area contributed by atoms with Crippen molar-refractivity contribution in [2.75, 3.05) is 6.61 Å². The molecule has 1 aliphatic carbocycles. The van der Waals surface area contributed by atoms with Crippen molar-refractivity contribution in [3.63, 3.8) is 0 Å². The van der Waals surface area contributed by atoms with Gasteiger partial charge in [0, 0.05) is 11.7 Å². The SMILES string of the molecule is CCOC(=O)c1c(C)[nH]c(C(=O)NC2CCC(O)CC2)c1C. The van der Waals surface area contributed by atoms with Crippen molar-refractivity contribution in [3.8, 4) is 0 Å². The molecular formula is C16H24N2O4. The van der Waals surface area contributed by atoms with Gasteiger partial charge in [0.2, 0.25) is 0 Å². The minimum Gasteiger partial charge on any atom is -0.462 e. The Balaban J connectivity index is 2.10. The van der Waals surface area contributed by atoms with Gasteiger partial charge in [-0.1, -0.05) is 0 Å². The first-order valence-corrected chi connectivity index (χ1v) is 7.79. The smallest absolute Gasteiger partial charge is 0.340 e. The standard InChI is InChI=1S/C16H24N2O4/c1-4-22-16(21)13-9(2)14(17-10(13)3)15(20)18-11-5-7-12(19)8-6-11/h11-12,17,19H,4-8H2,1-3H3,(H,18,20). The number of H-pyrrole nitrogens is 1. The summed E-state index contributed by atoms with van der Waals surface area (Å²) in [4.78, 5) is 27.3. The summed E-state index contributed by atoms with van der Waals surface area (Å²) >= 11 is 0. The molecule has 6 nitrogen and oxygen atoms in total. The molecule has 122 valence electrons. The quantitative estimate of drug-likeness (QED) is 0.740. The molecular weight excluding hydrogens is 284 g/mol. The lowest BCUT2D eigenvalue weighted by molar-refractivity contribution is 0.0525. The molecule has 6 heteroatoms. The lowest BCUT2D eigenvalue weighted by Crippen LogP contribution is -2.39. The Hall–Kier alpha value is -1.82. The van der Waals surface area contributed by atoms with Gasteiger partial charge in [-0.3, -0.25) is 4.79 Å². The molecule has 0 radical (unpaired) electrons. The number of esters is 1. The highest BCUT2D eigenvalue weighted by atomic mass is 16.5. The lowest BCUT2D eigenvalue weighted by Gasteiger charge is -2.26. The average Bonchev–Trinajstić information content (AvgIpc) is 2.77. The van der Waals surface area contributed by atoms with E-state index in [1.54, 1.807) is 20.8 Å². The van der Waals surface area contributed by atoms with Gasteiger partial charge in [-0.05, 0) is 52.0 Å². The second-order valence-corrected chi connectivity index (χ2v) is 5.82. The number of aromatic nitrogens is 1. The van der Waals surface area contributed by atoms with E-state index in [1.165, 1.54) is 0 Å². The molecule has 0 unspecified atom stereocenters. The van der Waals surface area contributed by atoms with Gasteiger partial charge in [-0.25, -0.2) is 4.79 Å². The molecule has 1 heterocycles. The van der Waals surface area contributed by atoms with Crippen LogP contribution in [-0.2, 0) is 4.74 Å². The van der Waals surface area contributed by atoms with Gasteiger partial charge in [0.25, 0.3) is 5.91 Å². The maximum atomic E-state index is 12.4. The molecule has 1 fully saturated rings. The van der Waals surface area contributed by atoms with Gasteiger partial charge in [-0.2, -0.15) is 0 Å². The number of hydrogen-bond donors (Lipinski definition) is 3. The molecule has 0 bridgehead atoms. The number of aromatic amines is 1. The monoisotopic (exact) mass is 308 g/mol. The van der Waals surface area contributed by atoms with E-state index in [4.69, 9.17) is 4.74 Å². The van der Waals surface area contributed by atoms with E-state index in [0.717, 1.165) is 12.8 Å². The van der Waals surface area contributed by atoms with Gasteiger partial charge in [0.05, 0.1) is 18.3 Å². The summed E-state index contributed by atoms with van der Waals surface area (Å²) in [6.45, 7) is 5.55. The second kappa shape index (κ2) is 6.96. The number of ether oxygens (including phenoxy) is 1. The zero-order valence-electron chi connectivity index (χ0n) is 13.4. The third-order valence-corrected chi connectivity index (χ3v) is 4.18. The topological polar surface area (TPSA) is 91.4 Å². The summed E-state index contributed by atoms with van der Waals surface area (Å²) in [6, 6.07) is 0.0740. The first-order chi connectivity index (χ1) is 10.4. The molecule has 1 aromatic rings. The van der Waals surface area contributed by atoms with Crippen LogP contribution in [0.4, 0.5) is 0 Å². The van der Waals surface area contributed by atoms with Crippen LogP contribution in [-0.4, -0.2) is 40.7 Å². The number of carbonyl (C=O) groups excluding carboxylic acids is 2. The Morgan fingerprint density at radius 1 is 1.27 bits per heavy atom. The number of carbonyl (C=O) groups is 2. The van der Waals surface area contributed by atoms with Crippen LogP contribution in [0, 0.1) is 13.8 Å². The fraction of sp³-hybridized carbons (Fsp3) is 0.625. The van der Waals surface area contributed by atoms with E-state index in [0.29, 0.717) is 42.0 Å². The van der Waals surface area contributed by atoms with Crippen LogP contribution in [0.5, 0.6) is 0 Å². The highest BCUT2D eigenvalue weighted by Gasteiger charge is 2.26. The summed E-state index contributed by atoms with van der Waals surface area (Å²) in [7, 11) is 0. The van der Waals surface area contributed by atoms with Gasteiger partial charge in [0.1, 0.15) is 5.69 Å². The molecule has 0 saturated heterocycles. The van der Waals surface area contributed by atoms with E-state index < -0.39 is 5.97 Å². The molecule has 0 aliphatic heterocycles. The normalized spacial score (nSPS) is 21.5. The molecule has 22 heavy (non-hydrogen) atoms. The summed E-state index contributed by atoms with van der Waals surface area (Å²) in [5.74, 6) is -0.619. The van der Waals surface area contributed by atoms with Crippen LogP contribution in [0.2, 0.25) is 0 Å². The van der Waals surface area contributed by atoms with Gasteiger partial charge >= 0.3 is 5.97 Å². The van der Waals surface area contributed by atoms with Crippen LogP contribution in [0.15, 0.2) is 0 Å². The highest BCUT2D eigenvalue weighted by molar-refractivity contribution is 6.00. The van der Waals surface area contributed by atoms with E-state index >= 15 is 0 Å². The zero-order valence-corrected chi connectivity index (χ0v) is 13.4. The maximum Gasteiger partial charge on any atom is 0.340 e. The third kappa shape index (κ3) is 3.50. The Morgan fingerprint density at radius 3 is 2.50 bits per heavy atom. The fourth-order valence-corrected chi connectivity index (χ4v) is 2.96. The second-order valence-electron chi connectivity index (χ2n) is 5.82. The molecule has 0 spiro atoms. The molecule has 1 saturated carbocycles. The van der Waals surface area contributed by atoms with Crippen molar-refractivity contribution in [3.05, 3.63) is 22.5 Å². The Kier molecular flexibility index (Phi) is 5.24. The maximum absolute atomic E-state index is 12.4. The predicted octanol–water partition coefficient (Wildman–Crippen LogP) is 1.84. The Morgan fingerprint density at radius 2 is 1.91 bits per heavy atom. The summed E-state index contributed by atoms with van der Waals surface area (Å²) in [5, 5.41) is 12.5. The number of aryl methyl sites for hydroxylation is 1. The van der Waals surface area contributed by atoms with Crippen molar-refractivity contribution in [2.45, 2.75) is 58.6 Å². The zero-order chi connectivity index (χ0) is 16.3. The van der Waals surface area contributed by atoms with Crippen molar-refractivity contribution in [1.82, 2.24) is 10.3 Å². The number of amides is 1. The van der Waals surface area contributed by atoms with Crippen molar-refractivity contribution >= 4 is 11.9 Å². The van der Waals surface area contributed by atoms with E-state index in [-0.39, 0.29) is 18.1 Å². The first kappa shape index (κ1) is 16.5. The van der Waals surface area contributed by atoms with Crippen LogP contribution in [0.3, 0.4) is 0 Å². The Bertz CT molecular complexity index is 557. The molecule has 1 amide bonds. The highest BCUT2D eigenvalue weighted by Crippen LogP contribution is 2.21. The minimum atomic E-state index is -0.409. The Labute approximate surface area is 130 Å². The van der Waals surface area contributed by atoms with Crippen LogP contribution in [0.25, 0.3) is 0 Å². The van der Waals surface area contributed by atoms with E-state index in [1.807, 2.05) is 0 Å². The van der Waals surface area contributed by atoms with E-state index in [9.17, 15) is 14.7 Å². The van der Waals surface area contributed by atoms with Crippen molar-refractivity contribution in [2.24, 2.45) is 0 Å². The van der Waals surface area contributed by atoms with Gasteiger partial charge in [-0.15, -0.1) is 0 Å². The van der Waals surface area contributed by atoms with Crippen LogP contribution >= 0.6 is 0 Å². The number of hydrogen-bond acceptors (Lipinski definition) is 4. The summed E-state index contributed by atoms with van der Waals surface area (Å²) < 4.78 is 5.03. The van der Waals surface area contributed by atoms with E-state index in [2.05, 4.69) is 10.3 Å². The third-order valence-electron chi connectivity index (χ3n) is 4.18. The molecule has 3 N–H and O–H groups in total. The molecule has 1 aromatic heterocycles. The average molecular weight is 308 g/mol.